The highest BCUT2D eigenvalue weighted by atomic mass is 32.2. The van der Waals surface area contributed by atoms with E-state index >= 15 is 0 Å². The molecule has 1 saturated heterocycles. The van der Waals surface area contributed by atoms with Crippen LogP contribution >= 0.6 is 0 Å². The van der Waals surface area contributed by atoms with Crippen molar-refractivity contribution in [3.05, 3.63) is 83.9 Å². The van der Waals surface area contributed by atoms with Gasteiger partial charge in [0, 0.05) is 13.1 Å². The molecular weight excluding hydrogens is 554 g/mol. The molecule has 0 aliphatic carbocycles. The van der Waals surface area contributed by atoms with Gasteiger partial charge in [-0.05, 0) is 62.4 Å². The predicted molar refractivity (Wildman–Crippen MR) is 151 cm³/mol. The number of sulfonamides is 2. The summed E-state index contributed by atoms with van der Waals surface area (Å²) < 4.78 is 65.7. The van der Waals surface area contributed by atoms with Crippen LogP contribution in [0.5, 0.6) is 5.75 Å². The van der Waals surface area contributed by atoms with Crippen LogP contribution in [0, 0.1) is 13.8 Å². The number of benzene rings is 3. The Morgan fingerprint density at radius 3 is 2.00 bits per heavy atom. The Labute approximate surface area is 235 Å². The van der Waals surface area contributed by atoms with Gasteiger partial charge in [-0.25, -0.2) is 16.8 Å². The average Bonchev–Trinajstić information content (AvgIpc) is 2.95. The highest BCUT2D eigenvalue weighted by Gasteiger charge is 2.28. The minimum Gasteiger partial charge on any atom is -0.492 e. The molecule has 10 nitrogen and oxygen atoms in total. The molecule has 40 heavy (non-hydrogen) atoms. The number of rotatable bonds is 11. The minimum atomic E-state index is -4.00. The summed E-state index contributed by atoms with van der Waals surface area (Å²) in [5.41, 5.74) is 2.27. The van der Waals surface area contributed by atoms with Gasteiger partial charge in [-0.3, -0.25) is 9.10 Å². The molecule has 214 valence electrons. The molecule has 4 rings (SSSR count). The molecule has 12 heteroatoms. The number of nitrogens with zero attached hydrogens (tertiary/aromatic N) is 2. The lowest BCUT2D eigenvalue weighted by Gasteiger charge is -2.26. The molecule has 0 spiro atoms. The molecule has 1 amide bonds. The normalized spacial score (nSPS) is 14.4. The molecule has 0 bridgehead atoms. The molecular formula is C28H33N3O7S2. The summed E-state index contributed by atoms with van der Waals surface area (Å²) in [5, 5.41) is 2.69. The van der Waals surface area contributed by atoms with Gasteiger partial charge in [-0.1, -0.05) is 35.4 Å². The second kappa shape index (κ2) is 12.8. The number of hydrogen-bond donors (Lipinski definition) is 1. The van der Waals surface area contributed by atoms with Crippen LogP contribution in [0.4, 0.5) is 5.69 Å². The predicted octanol–water partition coefficient (Wildman–Crippen LogP) is 2.71. The highest BCUT2D eigenvalue weighted by Crippen LogP contribution is 2.24. The first-order valence-electron chi connectivity index (χ1n) is 12.8. The molecule has 1 fully saturated rings. The Morgan fingerprint density at radius 2 is 1.40 bits per heavy atom. The van der Waals surface area contributed by atoms with Gasteiger partial charge in [0.25, 0.3) is 10.0 Å². The number of morpholine rings is 1. The fourth-order valence-corrected chi connectivity index (χ4v) is 6.88. The summed E-state index contributed by atoms with van der Waals surface area (Å²) in [6.07, 6.45) is 0. The molecule has 0 aromatic heterocycles. The summed E-state index contributed by atoms with van der Waals surface area (Å²) in [6, 6.07) is 19.5. The van der Waals surface area contributed by atoms with E-state index in [-0.39, 0.29) is 22.9 Å². The van der Waals surface area contributed by atoms with Crippen molar-refractivity contribution in [3.8, 4) is 5.75 Å². The zero-order valence-electron chi connectivity index (χ0n) is 22.4. The van der Waals surface area contributed by atoms with Crippen molar-refractivity contribution in [3.63, 3.8) is 0 Å². The smallest absolute Gasteiger partial charge is 0.264 e. The van der Waals surface area contributed by atoms with Crippen molar-refractivity contribution in [2.24, 2.45) is 0 Å². The zero-order chi connectivity index (χ0) is 28.8. The van der Waals surface area contributed by atoms with Crippen molar-refractivity contribution >= 4 is 31.6 Å². The third-order valence-electron chi connectivity index (χ3n) is 6.34. The molecule has 1 heterocycles. The second-order valence-corrected chi connectivity index (χ2v) is 13.1. The van der Waals surface area contributed by atoms with Crippen LogP contribution in [-0.2, 0) is 29.6 Å². The van der Waals surface area contributed by atoms with Crippen molar-refractivity contribution in [1.82, 2.24) is 9.62 Å². The van der Waals surface area contributed by atoms with E-state index in [1.807, 2.05) is 13.8 Å². The fraction of sp³-hybridized carbons (Fsp3) is 0.321. The van der Waals surface area contributed by atoms with Crippen molar-refractivity contribution in [1.29, 1.82) is 0 Å². The number of nitrogens with one attached hydrogen (secondary N) is 1. The second-order valence-electron chi connectivity index (χ2n) is 9.35. The van der Waals surface area contributed by atoms with Gasteiger partial charge in [0.2, 0.25) is 15.9 Å². The van der Waals surface area contributed by atoms with E-state index in [2.05, 4.69) is 5.32 Å². The third kappa shape index (κ3) is 7.19. The molecule has 1 aliphatic heterocycles. The van der Waals surface area contributed by atoms with Crippen LogP contribution in [0.1, 0.15) is 11.1 Å². The summed E-state index contributed by atoms with van der Waals surface area (Å²) in [4.78, 5) is 13.0. The Bertz CT molecular complexity index is 1500. The van der Waals surface area contributed by atoms with Gasteiger partial charge < -0.3 is 14.8 Å². The highest BCUT2D eigenvalue weighted by molar-refractivity contribution is 7.92. The van der Waals surface area contributed by atoms with Gasteiger partial charge in [-0.2, -0.15) is 4.31 Å². The van der Waals surface area contributed by atoms with Gasteiger partial charge in [0.15, 0.2) is 0 Å². The number of aryl methyl sites for hydroxylation is 2. The summed E-state index contributed by atoms with van der Waals surface area (Å²) >= 11 is 0. The van der Waals surface area contributed by atoms with Crippen LogP contribution in [-0.4, -0.2) is 73.0 Å². The lowest BCUT2D eigenvalue weighted by atomic mass is 10.2. The van der Waals surface area contributed by atoms with E-state index in [1.54, 1.807) is 48.5 Å². The lowest BCUT2D eigenvalue weighted by molar-refractivity contribution is -0.119. The number of carbonyl (C=O) groups is 1. The van der Waals surface area contributed by atoms with Gasteiger partial charge in [0.1, 0.15) is 18.9 Å². The van der Waals surface area contributed by atoms with Crippen molar-refractivity contribution in [2.45, 2.75) is 23.6 Å². The standard InChI is InChI=1S/C28H33N3O7S2/c1-22-3-7-24(8-4-22)31(40(35,36)27-11-5-23(2)6-12-27)21-28(32)29-15-18-38-25-9-13-26(14-10-25)39(33,34)30-16-19-37-20-17-30/h3-14H,15-21H2,1-2H3,(H,29,32). The third-order valence-corrected chi connectivity index (χ3v) is 10.0. The molecule has 1 N–H and O–H groups in total. The molecule has 3 aromatic rings. The van der Waals surface area contributed by atoms with Crippen LogP contribution in [0.3, 0.4) is 0 Å². The van der Waals surface area contributed by atoms with Crippen molar-refractivity contribution in [2.75, 3.05) is 50.3 Å². The molecule has 0 saturated carbocycles. The Kier molecular flexibility index (Phi) is 9.46. The van der Waals surface area contributed by atoms with E-state index in [0.29, 0.717) is 37.7 Å². The maximum atomic E-state index is 13.4. The Morgan fingerprint density at radius 1 is 0.850 bits per heavy atom. The fourth-order valence-electron chi connectivity index (χ4n) is 4.05. The first-order valence-corrected chi connectivity index (χ1v) is 15.7. The van der Waals surface area contributed by atoms with Crippen LogP contribution in [0.25, 0.3) is 0 Å². The number of anilines is 1. The maximum Gasteiger partial charge on any atom is 0.264 e. The number of hydrogen-bond acceptors (Lipinski definition) is 7. The topological polar surface area (TPSA) is 122 Å². The van der Waals surface area contributed by atoms with Crippen LogP contribution < -0.4 is 14.4 Å². The molecule has 0 unspecified atom stereocenters. The summed E-state index contributed by atoms with van der Waals surface area (Å²) in [7, 11) is -7.59. The number of ether oxygens (including phenoxy) is 2. The molecule has 3 aromatic carbocycles. The number of amides is 1. The van der Waals surface area contributed by atoms with Gasteiger partial charge in [-0.15, -0.1) is 0 Å². The van der Waals surface area contributed by atoms with Crippen LogP contribution in [0.2, 0.25) is 0 Å². The summed E-state index contributed by atoms with van der Waals surface area (Å²) in [5.74, 6) is -0.0507. The first kappa shape index (κ1) is 29.5. The number of carbonyl (C=O) groups excluding carboxylic acids is 1. The first-order chi connectivity index (χ1) is 19.1. The van der Waals surface area contributed by atoms with E-state index in [4.69, 9.17) is 9.47 Å². The maximum absolute atomic E-state index is 13.4. The summed E-state index contributed by atoms with van der Waals surface area (Å²) in [6.45, 7) is 4.95. The van der Waals surface area contributed by atoms with E-state index < -0.39 is 32.5 Å². The van der Waals surface area contributed by atoms with Crippen LogP contribution in [0.15, 0.2) is 82.6 Å². The Hall–Kier alpha value is -3.45. The minimum absolute atomic E-state index is 0.0916. The molecule has 0 radical (unpaired) electrons. The van der Waals surface area contributed by atoms with E-state index in [9.17, 15) is 21.6 Å². The van der Waals surface area contributed by atoms with Crippen molar-refractivity contribution < 1.29 is 31.1 Å². The molecule has 1 aliphatic rings. The van der Waals surface area contributed by atoms with E-state index in [1.165, 1.54) is 28.6 Å². The largest absolute Gasteiger partial charge is 0.492 e. The zero-order valence-corrected chi connectivity index (χ0v) is 24.1. The quantitative estimate of drug-likeness (QED) is 0.342. The molecule has 0 atom stereocenters. The average molecular weight is 588 g/mol. The Balaban J connectivity index is 1.35. The van der Waals surface area contributed by atoms with E-state index in [0.717, 1.165) is 15.4 Å². The van der Waals surface area contributed by atoms with Gasteiger partial charge in [0.05, 0.1) is 35.2 Å². The lowest BCUT2D eigenvalue weighted by Crippen LogP contribution is -2.41. The van der Waals surface area contributed by atoms with Gasteiger partial charge >= 0.3 is 0 Å². The SMILES string of the molecule is Cc1ccc(N(CC(=O)NCCOc2ccc(S(=O)(=O)N3CCOCC3)cc2)S(=O)(=O)c2ccc(C)cc2)cc1. The monoisotopic (exact) mass is 587 g/mol.